The molecule has 0 atom stereocenters. The maximum atomic E-state index is 5.24. The average Bonchev–Trinajstić information content (AvgIpc) is 3.10. The zero-order valence-electron chi connectivity index (χ0n) is 15.0. The van der Waals surface area contributed by atoms with Gasteiger partial charge >= 0.3 is 0 Å². The highest BCUT2D eigenvalue weighted by molar-refractivity contribution is 7.22. The van der Waals surface area contributed by atoms with Crippen molar-refractivity contribution in [3.05, 3.63) is 47.5 Å². The van der Waals surface area contributed by atoms with Crippen molar-refractivity contribution < 1.29 is 4.74 Å². The van der Waals surface area contributed by atoms with Crippen molar-refractivity contribution in [1.82, 2.24) is 4.98 Å². The smallest absolute Gasteiger partial charge is 0.186 e. The molecule has 3 aromatic rings. The summed E-state index contributed by atoms with van der Waals surface area (Å²) in [6.45, 7) is 8.36. The number of benzene rings is 2. The minimum absolute atomic E-state index is 0.905. The number of rotatable bonds is 3. The van der Waals surface area contributed by atoms with E-state index >= 15 is 0 Å². The van der Waals surface area contributed by atoms with Gasteiger partial charge in [0, 0.05) is 31.9 Å². The van der Waals surface area contributed by atoms with Crippen molar-refractivity contribution >= 4 is 32.4 Å². The molecule has 1 fully saturated rings. The third-order valence-corrected chi connectivity index (χ3v) is 6.14. The van der Waals surface area contributed by atoms with E-state index in [9.17, 15) is 0 Å². The molecule has 0 spiro atoms. The van der Waals surface area contributed by atoms with Crippen molar-refractivity contribution in [2.45, 2.75) is 13.8 Å². The number of hydrogen-bond acceptors (Lipinski definition) is 5. The predicted molar refractivity (Wildman–Crippen MR) is 107 cm³/mol. The van der Waals surface area contributed by atoms with Gasteiger partial charge in [-0.25, -0.2) is 4.98 Å². The largest absolute Gasteiger partial charge is 0.497 e. The average molecular weight is 353 g/mol. The number of ether oxygens (including phenoxy) is 1. The summed E-state index contributed by atoms with van der Waals surface area (Å²) in [5.74, 6) is 0.905. The summed E-state index contributed by atoms with van der Waals surface area (Å²) in [6.07, 6.45) is 0. The molecule has 1 aliphatic heterocycles. The SMILES string of the molecule is COc1ccc(N2CCN(c3nc4c(C)c(C)ccc4s3)CC2)cc1. The number of piperazine rings is 1. The van der Waals surface area contributed by atoms with Crippen molar-refractivity contribution in [1.29, 1.82) is 0 Å². The van der Waals surface area contributed by atoms with Crippen LogP contribution < -0.4 is 14.5 Å². The molecule has 5 heteroatoms. The Labute approximate surface area is 152 Å². The van der Waals surface area contributed by atoms with Crippen molar-refractivity contribution in [3.8, 4) is 5.75 Å². The fraction of sp³-hybridized carbons (Fsp3) is 0.350. The molecule has 0 aliphatic carbocycles. The number of methoxy groups -OCH3 is 1. The Morgan fingerprint density at radius 1 is 0.920 bits per heavy atom. The minimum atomic E-state index is 0.905. The van der Waals surface area contributed by atoms with E-state index in [4.69, 9.17) is 9.72 Å². The molecule has 4 nitrogen and oxygen atoms in total. The predicted octanol–water partition coefficient (Wildman–Crippen LogP) is 4.25. The van der Waals surface area contributed by atoms with E-state index in [1.807, 2.05) is 23.5 Å². The molecule has 0 unspecified atom stereocenters. The Bertz CT molecular complexity index is 880. The van der Waals surface area contributed by atoms with E-state index in [0.717, 1.165) is 42.6 Å². The van der Waals surface area contributed by atoms with Gasteiger partial charge in [0.2, 0.25) is 0 Å². The number of thiazole rings is 1. The van der Waals surface area contributed by atoms with Crippen LogP contribution in [0.2, 0.25) is 0 Å². The second kappa shape index (κ2) is 6.56. The lowest BCUT2D eigenvalue weighted by atomic mass is 10.1. The van der Waals surface area contributed by atoms with Crippen LogP contribution in [-0.2, 0) is 0 Å². The monoisotopic (exact) mass is 353 g/mol. The van der Waals surface area contributed by atoms with Crippen molar-refractivity contribution in [3.63, 3.8) is 0 Å². The standard InChI is InChI=1S/C20H23N3OS/c1-14-4-9-18-19(15(14)2)21-20(25-18)23-12-10-22(11-13-23)16-5-7-17(24-3)8-6-16/h4-9H,10-13H2,1-3H3. The Morgan fingerprint density at radius 2 is 1.60 bits per heavy atom. The van der Waals surface area contributed by atoms with Gasteiger partial charge in [0.15, 0.2) is 5.13 Å². The second-order valence-corrected chi connectivity index (χ2v) is 7.53. The Morgan fingerprint density at radius 3 is 2.28 bits per heavy atom. The lowest BCUT2D eigenvalue weighted by Gasteiger charge is -2.36. The number of anilines is 2. The van der Waals surface area contributed by atoms with Gasteiger partial charge < -0.3 is 14.5 Å². The lowest BCUT2D eigenvalue weighted by molar-refractivity contribution is 0.415. The molecule has 1 aromatic heterocycles. The molecule has 2 heterocycles. The van der Waals surface area contributed by atoms with E-state index in [-0.39, 0.29) is 0 Å². The summed E-state index contributed by atoms with van der Waals surface area (Å²) in [5.41, 5.74) is 5.04. The van der Waals surface area contributed by atoms with Gasteiger partial charge in [-0.05, 0) is 55.3 Å². The van der Waals surface area contributed by atoms with E-state index in [2.05, 4.69) is 47.9 Å². The summed E-state index contributed by atoms with van der Waals surface area (Å²) < 4.78 is 6.53. The maximum Gasteiger partial charge on any atom is 0.186 e. The molecule has 0 saturated carbocycles. The van der Waals surface area contributed by atoms with Crippen LogP contribution in [-0.4, -0.2) is 38.3 Å². The quantitative estimate of drug-likeness (QED) is 0.704. The van der Waals surface area contributed by atoms with Gasteiger partial charge in [-0.1, -0.05) is 17.4 Å². The molecule has 0 bridgehead atoms. The summed E-state index contributed by atoms with van der Waals surface area (Å²) in [5, 5.41) is 1.15. The highest BCUT2D eigenvalue weighted by Gasteiger charge is 2.20. The third-order valence-electron chi connectivity index (χ3n) is 5.06. The first-order valence-electron chi connectivity index (χ1n) is 8.66. The van der Waals surface area contributed by atoms with Gasteiger partial charge in [-0.3, -0.25) is 0 Å². The third kappa shape index (κ3) is 3.04. The van der Waals surface area contributed by atoms with Gasteiger partial charge in [0.25, 0.3) is 0 Å². The molecule has 0 amide bonds. The second-order valence-electron chi connectivity index (χ2n) is 6.52. The molecular formula is C20H23N3OS. The van der Waals surface area contributed by atoms with E-state index in [1.165, 1.54) is 21.5 Å². The van der Waals surface area contributed by atoms with E-state index < -0.39 is 0 Å². The summed E-state index contributed by atoms with van der Waals surface area (Å²) in [4.78, 5) is 9.77. The zero-order valence-corrected chi connectivity index (χ0v) is 15.8. The first kappa shape index (κ1) is 16.2. The molecule has 1 saturated heterocycles. The van der Waals surface area contributed by atoms with Crippen LogP contribution in [0.3, 0.4) is 0 Å². The number of aromatic nitrogens is 1. The van der Waals surface area contributed by atoms with Crippen LogP contribution >= 0.6 is 11.3 Å². The van der Waals surface area contributed by atoms with Crippen LogP contribution in [0.25, 0.3) is 10.2 Å². The van der Waals surface area contributed by atoms with Crippen molar-refractivity contribution in [2.24, 2.45) is 0 Å². The molecular weight excluding hydrogens is 330 g/mol. The molecule has 2 aromatic carbocycles. The minimum Gasteiger partial charge on any atom is -0.497 e. The fourth-order valence-electron chi connectivity index (χ4n) is 3.30. The van der Waals surface area contributed by atoms with Crippen molar-refractivity contribution in [2.75, 3.05) is 43.1 Å². The van der Waals surface area contributed by atoms with E-state index in [0.29, 0.717) is 0 Å². The summed E-state index contributed by atoms with van der Waals surface area (Å²) in [7, 11) is 1.70. The maximum absolute atomic E-state index is 5.24. The van der Waals surface area contributed by atoms with Crippen LogP contribution in [0, 0.1) is 13.8 Å². The Kier molecular flexibility index (Phi) is 4.25. The number of nitrogens with zero attached hydrogens (tertiary/aromatic N) is 3. The number of aryl methyl sites for hydroxylation is 2. The van der Waals surface area contributed by atoms with Crippen LogP contribution in [0.15, 0.2) is 36.4 Å². The molecule has 0 radical (unpaired) electrons. The molecule has 1 aliphatic rings. The first-order chi connectivity index (χ1) is 12.2. The Balaban J connectivity index is 1.49. The van der Waals surface area contributed by atoms with Gasteiger partial charge in [0.1, 0.15) is 5.75 Å². The number of fused-ring (bicyclic) bond motifs is 1. The normalized spacial score (nSPS) is 15.0. The zero-order chi connectivity index (χ0) is 17.4. The van der Waals surface area contributed by atoms with Gasteiger partial charge in [-0.2, -0.15) is 0 Å². The lowest BCUT2D eigenvalue weighted by Crippen LogP contribution is -2.46. The number of hydrogen-bond donors (Lipinski definition) is 0. The molecule has 0 N–H and O–H groups in total. The van der Waals surface area contributed by atoms with E-state index in [1.54, 1.807) is 7.11 Å². The summed E-state index contributed by atoms with van der Waals surface area (Å²) >= 11 is 1.81. The molecule has 4 rings (SSSR count). The van der Waals surface area contributed by atoms with Crippen LogP contribution in [0.5, 0.6) is 5.75 Å². The Hall–Kier alpha value is -2.27. The van der Waals surface area contributed by atoms with Crippen LogP contribution in [0.1, 0.15) is 11.1 Å². The van der Waals surface area contributed by atoms with Gasteiger partial charge in [0.05, 0.1) is 17.3 Å². The first-order valence-corrected chi connectivity index (χ1v) is 9.48. The van der Waals surface area contributed by atoms with Crippen LogP contribution in [0.4, 0.5) is 10.8 Å². The topological polar surface area (TPSA) is 28.6 Å². The van der Waals surface area contributed by atoms with Gasteiger partial charge in [-0.15, -0.1) is 0 Å². The highest BCUT2D eigenvalue weighted by atomic mass is 32.1. The molecule has 130 valence electrons. The fourth-order valence-corrected chi connectivity index (χ4v) is 4.38. The molecule has 25 heavy (non-hydrogen) atoms. The summed E-state index contributed by atoms with van der Waals surface area (Å²) in [6, 6.07) is 12.7. The highest BCUT2D eigenvalue weighted by Crippen LogP contribution is 2.32.